The lowest BCUT2D eigenvalue weighted by molar-refractivity contribution is -0.166. The van der Waals surface area contributed by atoms with E-state index < -0.39 is 12.1 Å². The van der Waals surface area contributed by atoms with Crippen LogP contribution in [0.1, 0.15) is 207 Å². The van der Waals surface area contributed by atoms with Crippen LogP contribution in [0.2, 0.25) is 0 Å². The maximum Gasteiger partial charge on any atom is 0.309 e. The van der Waals surface area contributed by atoms with Crippen molar-refractivity contribution in [1.82, 2.24) is 0 Å². The molecule has 0 rings (SSSR count). The van der Waals surface area contributed by atoms with E-state index >= 15 is 0 Å². The Labute approximate surface area is 320 Å². The molecule has 0 radical (unpaired) electrons. The van der Waals surface area contributed by atoms with Crippen LogP contribution >= 0.6 is 0 Å². The minimum absolute atomic E-state index is 0.107. The molecule has 0 aromatic carbocycles. The Balaban J connectivity index is 4.45. The van der Waals surface area contributed by atoms with E-state index in [9.17, 15) is 14.4 Å². The average Bonchev–Trinajstić information content (AvgIpc) is 3.14. The molecule has 1 atom stereocenters. The molecule has 0 heterocycles. The summed E-state index contributed by atoms with van der Waals surface area (Å²) >= 11 is 0. The van der Waals surface area contributed by atoms with Crippen LogP contribution < -0.4 is 0 Å². The topological polar surface area (TPSA) is 78.9 Å². The minimum atomic E-state index is -0.808. The number of hydrogen-bond acceptors (Lipinski definition) is 6. The zero-order chi connectivity index (χ0) is 38.0. The second-order valence-corrected chi connectivity index (χ2v) is 14.2. The fraction of sp³-hybridized carbons (Fsp3) is 0.761. The Bertz CT molecular complexity index is 933. The first kappa shape index (κ1) is 49.4. The van der Waals surface area contributed by atoms with Gasteiger partial charge in [0.25, 0.3) is 0 Å². The van der Waals surface area contributed by atoms with E-state index in [2.05, 4.69) is 57.2 Å². The van der Waals surface area contributed by atoms with Crippen LogP contribution in [0.3, 0.4) is 0 Å². The number of ether oxygens (including phenoxy) is 3. The molecule has 0 N–H and O–H groups in total. The van der Waals surface area contributed by atoms with Gasteiger partial charge in [0.1, 0.15) is 13.2 Å². The molecule has 300 valence electrons. The number of esters is 3. The molecule has 0 saturated carbocycles. The van der Waals surface area contributed by atoms with Gasteiger partial charge in [-0.1, -0.05) is 179 Å². The predicted molar refractivity (Wildman–Crippen MR) is 219 cm³/mol. The molecule has 0 fully saturated rings. The average molecular weight is 729 g/mol. The smallest absolute Gasteiger partial charge is 0.309 e. The molecule has 0 aromatic rings. The van der Waals surface area contributed by atoms with Gasteiger partial charge in [-0.2, -0.15) is 0 Å². The molecule has 0 aliphatic carbocycles. The molecule has 1 unspecified atom stereocenters. The zero-order valence-electron chi connectivity index (χ0n) is 34.1. The quantitative estimate of drug-likeness (QED) is 0.0272. The van der Waals surface area contributed by atoms with E-state index in [0.29, 0.717) is 12.8 Å². The van der Waals surface area contributed by atoms with Crippen molar-refractivity contribution in [2.24, 2.45) is 0 Å². The van der Waals surface area contributed by atoms with Gasteiger partial charge in [-0.05, 0) is 57.8 Å². The predicted octanol–water partition coefficient (Wildman–Crippen LogP) is 13.6. The normalized spacial score (nSPS) is 12.4. The molecule has 6 heteroatoms. The third-order valence-electron chi connectivity index (χ3n) is 9.10. The first-order chi connectivity index (χ1) is 25.5. The van der Waals surface area contributed by atoms with E-state index in [0.717, 1.165) is 70.6 Å². The number of rotatable bonds is 38. The van der Waals surface area contributed by atoms with E-state index in [-0.39, 0.29) is 31.6 Å². The number of unbranched alkanes of at least 4 members (excludes halogenated alkanes) is 20. The fourth-order valence-corrected chi connectivity index (χ4v) is 5.85. The van der Waals surface area contributed by atoms with Gasteiger partial charge in [0, 0.05) is 12.8 Å². The van der Waals surface area contributed by atoms with Gasteiger partial charge >= 0.3 is 17.9 Å². The van der Waals surface area contributed by atoms with E-state index in [1.165, 1.54) is 96.3 Å². The Morgan fingerprint density at radius 2 is 0.827 bits per heavy atom. The largest absolute Gasteiger partial charge is 0.462 e. The highest BCUT2D eigenvalue weighted by Crippen LogP contribution is 2.14. The highest BCUT2D eigenvalue weighted by atomic mass is 16.6. The highest BCUT2D eigenvalue weighted by molar-refractivity contribution is 5.72. The standard InChI is InChI=1S/C46H80O6/c1-4-7-10-13-16-19-21-23-25-27-30-33-36-39-45(48)51-42-43(41-50-44(47)38-35-32-29-26-18-15-12-9-6-3)52-46(49)40-37-34-31-28-24-22-20-17-14-11-8-5-2/h9,12,18,23,25-26,32,35,43H,4-8,10-11,13-17,19-22,24,27-31,33-34,36-42H2,1-3H3/b12-9-,25-23-,26-18-,35-32-. The van der Waals surface area contributed by atoms with Crippen LogP contribution in [0, 0.1) is 0 Å². The number of hydrogen-bond donors (Lipinski definition) is 0. The first-order valence-corrected chi connectivity index (χ1v) is 21.6. The summed E-state index contributed by atoms with van der Waals surface area (Å²) in [5.41, 5.74) is 0. The molecule has 0 saturated heterocycles. The van der Waals surface area contributed by atoms with Crippen molar-refractivity contribution in [3.63, 3.8) is 0 Å². The zero-order valence-corrected chi connectivity index (χ0v) is 34.1. The molecule has 6 nitrogen and oxygen atoms in total. The van der Waals surface area contributed by atoms with Gasteiger partial charge in [0.2, 0.25) is 0 Å². The Morgan fingerprint density at radius 3 is 1.35 bits per heavy atom. The summed E-state index contributed by atoms with van der Waals surface area (Å²) in [6, 6.07) is 0. The fourth-order valence-electron chi connectivity index (χ4n) is 5.85. The Morgan fingerprint density at radius 1 is 0.423 bits per heavy atom. The summed E-state index contributed by atoms with van der Waals surface area (Å²) in [4.78, 5) is 37.5. The molecule has 0 spiro atoms. The maximum absolute atomic E-state index is 12.7. The van der Waals surface area contributed by atoms with Gasteiger partial charge < -0.3 is 14.2 Å². The summed E-state index contributed by atoms with van der Waals surface area (Å²) in [7, 11) is 0. The van der Waals surface area contributed by atoms with Gasteiger partial charge in [-0.25, -0.2) is 0 Å². The number of carbonyl (C=O) groups excluding carboxylic acids is 3. The van der Waals surface area contributed by atoms with Crippen molar-refractivity contribution < 1.29 is 28.6 Å². The maximum atomic E-state index is 12.7. The lowest BCUT2D eigenvalue weighted by Gasteiger charge is -2.18. The van der Waals surface area contributed by atoms with Crippen molar-refractivity contribution in [1.29, 1.82) is 0 Å². The monoisotopic (exact) mass is 729 g/mol. The van der Waals surface area contributed by atoms with E-state index in [4.69, 9.17) is 14.2 Å². The Hall–Kier alpha value is -2.63. The molecule has 0 bridgehead atoms. The molecule has 52 heavy (non-hydrogen) atoms. The molecular formula is C46H80O6. The molecule has 0 aliphatic heterocycles. The summed E-state index contributed by atoms with van der Waals surface area (Å²) < 4.78 is 16.5. The molecule has 0 aromatic heterocycles. The van der Waals surface area contributed by atoms with Crippen molar-refractivity contribution in [3.05, 3.63) is 48.6 Å². The molecular weight excluding hydrogens is 649 g/mol. The highest BCUT2D eigenvalue weighted by Gasteiger charge is 2.19. The molecule has 0 aliphatic rings. The van der Waals surface area contributed by atoms with Crippen LogP contribution in [0.5, 0.6) is 0 Å². The first-order valence-electron chi connectivity index (χ1n) is 21.6. The van der Waals surface area contributed by atoms with Crippen molar-refractivity contribution in [3.8, 4) is 0 Å². The van der Waals surface area contributed by atoms with Crippen LogP contribution in [-0.4, -0.2) is 37.2 Å². The SMILES string of the molecule is CC/C=C\C/C=C\C/C=C\CC(=O)OCC(COC(=O)CCCCC/C=C\CCCCCCCC)OC(=O)CCCCCCCCCCCCCC. The van der Waals surface area contributed by atoms with Crippen LogP contribution in [0.25, 0.3) is 0 Å². The van der Waals surface area contributed by atoms with Crippen LogP contribution in [-0.2, 0) is 28.6 Å². The van der Waals surface area contributed by atoms with Crippen LogP contribution in [0.4, 0.5) is 0 Å². The minimum Gasteiger partial charge on any atom is -0.462 e. The number of carbonyl (C=O) groups is 3. The lowest BCUT2D eigenvalue weighted by atomic mass is 10.0. The van der Waals surface area contributed by atoms with Gasteiger partial charge in [-0.3, -0.25) is 14.4 Å². The van der Waals surface area contributed by atoms with Gasteiger partial charge in [-0.15, -0.1) is 0 Å². The van der Waals surface area contributed by atoms with Gasteiger partial charge in [0.15, 0.2) is 6.10 Å². The third kappa shape index (κ3) is 38.6. The van der Waals surface area contributed by atoms with Crippen LogP contribution in [0.15, 0.2) is 48.6 Å². The summed E-state index contributed by atoms with van der Waals surface area (Å²) in [6.45, 7) is 6.38. The van der Waals surface area contributed by atoms with Gasteiger partial charge in [0.05, 0.1) is 6.42 Å². The lowest BCUT2D eigenvalue weighted by Crippen LogP contribution is -2.30. The second kappa shape index (κ2) is 41.1. The second-order valence-electron chi connectivity index (χ2n) is 14.2. The summed E-state index contributed by atoms with van der Waals surface area (Å²) in [6.07, 6.45) is 47.0. The summed E-state index contributed by atoms with van der Waals surface area (Å²) in [5.74, 6) is -1.05. The Kier molecular flexibility index (Phi) is 39.1. The number of allylic oxidation sites excluding steroid dienone is 7. The third-order valence-corrected chi connectivity index (χ3v) is 9.10. The van der Waals surface area contributed by atoms with Crippen molar-refractivity contribution in [2.45, 2.75) is 213 Å². The van der Waals surface area contributed by atoms with Crippen molar-refractivity contribution in [2.75, 3.05) is 13.2 Å². The summed E-state index contributed by atoms with van der Waals surface area (Å²) in [5, 5.41) is 0. The van der Waals surface area contributed by atoms with E-state index in [1.807, 2.05) is 6.08 Å². The van der Waals surface area contributed by atoms with E-state index in [1.54, 1.807) is 6.08 Å². The van der Waals surface area contributed by atoms with Crippen molar-refractivity contribution >= 4 is 17.9 Å². The molecule has 0 amide bonds.